The van der Waals surface area contributed by atoms with Crippen LogP contribution in [0.25, 0.3) is 0 Å². The molecule has 8 heteroatoms. The lowest BCUT2D eigenvalue weighted by atomic mass is 10.1. The smallest absolute Gasteiger partial charge is 0.306 e. The first kappa shape index (κ1) is 17.7. The highest BCUT2D eigenvalue weighted by molar-refractivity contribution is 6.31. The molecule has 24 heavy (non-hydrogen) atoms. The fourth-order valence-corrected chi connectivity index (χ4v) is 2.22. The molecule has 0 unspecified atom stereocenters. The van der Waals surface area contributed by atoms with E-state index in [-0.39, 0.29) is 5.69 Å². The average Bonchev–Trinajstić information content (AvgIpc) is 2.53. The molecule has 0 heterocycles. The van der Waals surface area contributed by atoms with Gasteiger partial charge < -0.3 is 10.6 Å². The number of amides is 1. The van der Waals surface area contributed by atoms with Gasteiger partial charge in [-0.25, -0.2) is 0 Å². The predicted octanol–water partition coefficient (Wildman–Crippen LogP) is 4.13. The largest absolute Gasteiger partial charge is 0.374 e. The molecule has 1 amide bonds. The van der Waals surface area contributed by atoms with E-state index in [9.17, 15) is 19.3 Å². The molecule has 0 aliphatic rings. The van der Waals surface area contributed by atoms with Crippen molar-refractivity contribution in [3.05, 3.63) is 62.9 Å². The standard InChI is InChI=1S/C16H15ClFN3O3/c1-9-12(17)4-3-5-14(9)19-10(2)16(22)20-11-6-7-13(18)15(8-11)21(23)24/h3-8,10,19H,1-2H3,(H,20,22)/t10-/m1/s1. The van der Waals surface area contributed by atoms with Gasteiger partial charge in [-0.1, -0.05) is 17.7 Å². The molecule has 1 atom stereocenters. The van der Waals surface area contributed by atoms with Crippen LogP contribution in [-0.2, 0) is 4.79 Å². The Morgan fingerprint density at radius 2 is 2.04 bits per heavy atom. The van der Waals surface area contributed by atoms with Gasteiger partial charge in [0.2, 0.25) is 11.7 Å². The van der Waals surface area contributed by atoms with Gasteiger partial charge in [-0.15, -0.1) is 0 Å². The summed E-state index contributed by atoms with van der Waals surface area (Å²) in [5.41, 5.74) is 0.954. The first-order valence-electron chi connectivity index (χ1n) is 7.06. The summed E-state index contributed by atoms with van der Waals surface area (Å²) in [6, 6.07) is 7.82. The predicted molar refractivity (Wildman–Crippen MR) is 91.0 cm³/mol. The number of halogens is 2. The van der Waals surface area contributed by atoms with Gasteiger partial charge in [-0.2, -0.15) is 4.39 Å². The highest BCUT2D eigenvalue weighted by Crippen LogP contribution is 2.24. The first-order chi connectivity index (χ1) is 11.3. The van der Waals surface area contributed by atoms with Crippen molar-refractivity contribution in [3.63, 3.8) is 0 Å². The van der Waals surface area contributed by atoms with Crippen LogP contribution in [0.4, 0.5) is 21.5 Å². The van der Waals surface area contributed by atoms with Gasteiger partial charge in [0.05, 0.1) is 4.92 Å². The molecular weight excluding hydrogens is 337 g/mol. The third-order valence-corrected chi connectivity index (χ3v) is 3.85. The van der Waals surface area contributed by atoms with Crippen LogP contribution < -0.4 is 10.6 Å². The minimum Gasteiger partial charge on any atom is -0.374 e. The van der Waals surface area contributed by atoms with Crippen molar-refractivity contribution in [3.8, 4) is 0 Å². The molecule has 0 aromatic heterocycles. The van der Waals surface area contributed by atoms with E-state index in [4.69, 9.17) is 11.6 Å². The Hall–Kier alpha value is -2.67. The number of hydrogen-bond acceptors (Lipinski definition) is 4. The lowest BCUT2D eigenvalue weighted by molar-refractivity contribution is -0.387. The number of carbonyl (C=O) groups excluding carboxylic acids is 1. The van der Waals surface area contributed by atoms with Crippen LogP contribution in [0.5, 0.6) is 0 Å². The van der Waals surface area contributed by atoms with E-state index in [0.29, 0.717) is 10.7 Å². The van der Waals surface area contributed by atoms with Crippen LogP contribution in [0, 0.1) is 22.9 Å². The molecule has 2 rings (SSSR count). The van der Waals surface area contributed by atoms with Crippen molar-refractivity contribution in [1.82, 2.24) is 0 Å². The number of carbonyl (C=O) groups is 1. The molecular formula is C16H15ClFN3O3. The topological polar surface area (TPSA) is 84.3 Å². The number of nitrogens with zero attached hydrogens (tertiary/aromatic N) is 1. The molecule has 2 aromatic carbocycles. The molecule has 0 saturated heterocycles. The summed E-state index contributed by atoms with van der Waals surface area (Å²) in [6.45, 7) is 3.45. The summed E-state index contributed by atoms with van der Waals surface area (Å²) < 4.78 is 13.3. The van der Waals surface area contributed by atoms with E-state index in [1.807, 2.05) is 6.92 Å². The molecule has 0 aliphatic carbocycles. The summed E-state index contributed by atoms with van der Waals surface area (Å²) >= 11 is 6.03. The number of rotatable bonds is 5. The number of hydrogen-bond donors (Lipinski definition) is 2. The fraction of sp³-hybridized carbons (Fsp3) is 0.188. The molecule has 0 spiro atoms. The lowest BCUT2D eigenvalue weighted by Crippen LogP contribution is -2.32. The number of nitro groups is 1. The summed E-state index contributed by atoms with van der Waals surface area (Å²) in [5, 5.41) is 16.8. The maximum absolute atomic E-state index is 13.3. The zero-order valence-electron chi connectivity index (χ0n) is 13.0. The van der Waals surface area contributed by atoms with Crippen molar-refractivity contribution in [2.24, 2.45) is 0 Å². The van der Waals surface area contributed by atoms with Gasteiger partial charge in [0.25, 0.3) is 0 Å². The summed E-state index contributed by atoms with van der Waals surface area (Å²) in [5.74, 6) is -1.38. The van der Waals surface area contributed by atoms with Crippen LogP contribution in [0.3, 0.4) is 0 Å². The van der Waals surface area contributed by atoms with Crippen molar-refractivity contribution in [2.75, 3.05) is 10.6 Å². The maximum atomic E-state index is 13.3. The van der Waals surface area contributed by atoms with E-state index in [1.165, 1.54) is 6.07 Å². The molecule has 0 saturated carbocycles. The maximum Gasteiger partial charge on any atom is 0.306 e. The fourth-order valence-electron chi connectivity index (χ4n) is 2.04. The van der Waals surface area contributed by atoms with Gasteiger partial charge in [-0.3, -0.25) is 14.9 Å². The van der Waals surface area contributed by atoms with Crippen LogP contribution in [0.2, 0.25) is 5.02 Å². The quantitative estimate of drug-likeness (QED) is 0.626. The number of nitrogens with one attached hydrogen (secondary N) is 2. The van der Waals surface area contributed by atoms with Gasteiger partial charge in [-0.05, 0) is 43.7 Å². The van der Waals surface area contributed by atoms with Crippen LogP contribution >= 0.6 is 11.6 Å². The number of anilines is 2. The second-order valence-electron chi connectivity index (χ2n) is 5.19. The Kier molecular flexibility index (Phi) is 5.35. The second-order valence-corrected chi connectivity index (χ2v) is 5.60. The van der Waals surface area contributed by atoms with E-state index in [2.05, 4.69) is 10.6 Å². The SMILES string of the molecule is Cc1c(Cl)cccc1N[C@H](C)C(=O)Nc1ccc(F)c([N+](=O)[O-])c1. The molecule has 6 nitrogen and oxygen atoms in total. The zero-order chi connectivity index (χ0) is 17.9. The van der Waals surface area contributed by atoms with Crippen molar-refractivity contribution >= 4 is 34.6 Å². The van der Waals surface area contributed by atoms with Crippen LogP contribution in [-0.4, -0.2) is 16.9 Å². The molecule has 126 valence electrons. The highest BCUT2D eigenvalue weighted by Gasteiger charge is 2.18. The van der Waals surface area contributed by atoms with E-state index < -0.39 is 28.4 Å². The summed E-state index contributed by atoms with van der Waals surface area (Å²) in [6.07, 6.45) is 0. The number of benzene rings is 2. The van der Waals surface area contributed by atoms with Gasteiger partial charge in [0, 0.05) is 22.5 Å². The molecule has 0 aliphatic heterocycles. The lowest BCUT2D eigenvalue weighted by Gasteiger charge is -2.17. The molecule has 0 bridgehead atoms. The Labute approximate surface area is 142 Å². The Morgan fingerprint density at radius 1 is 1.33 bits per heavy atom. The van der Waals surface area contributed by atoms with Crippen molar-refractivity contribution < 1.29 is 14.1 Å². The van der Waals surface area contributed by atoms with Gasteiger partial charge >= 0.3 is 5.69 Å². The minimum atomic E-state index is -0.960. The van der Waals surface area contributed by atoms with Crippen molar-refractivity contribution in [1.29, 1.82) is 0 Å². The van der Waals surface area contributed by atoms with Crippen LogP contribution in [0.1, 0.15) is 12.5 Å². The summed E-state index contributed by atoms with van der Waals surface area (Å²) in [7, 11) is 0. The highest BCUT2D eigenvalue weighted by atomic mass is 35.5. The molecule has 0 radical (unpaired) electrons. The van der Waals surface area contributed by atoms with Gasteiger partial charge in [0.15, 0.2) is 0 Å². The van der Waals surface area contributed by atoms with Crippen molar-refractivity contribution in [2.45, 2.75) is 19.9 Å². The van der Waals surface area contributed by atoms with Gasteiger partial charge in [0.1, 0.15) is 6.04 Å². The molecule has 2 aromatic rings. The Balaban J connectivity index is 2.10. The molecule has 2 N–H and O–H groups in total. The molecule has 0 fully saturated rings. The zero-order valence-corrected chi connectivity index (χ0v) is 13.7. The third kappa shape index (κ3) is 3.99. The van der Waals surface area contributed by atoms with E-state index in [1.54, 1.807) is 25.1 Å². The average molecular weight is 352 g/mol. The minimum absolute atomic E-state index is 0.143. The normalized spacial score (nSPS) is 11.7. The monoisotopic (exact) mass is 351 g/mol. The van der Waals surface area contributed by atoms with Crippen LogP contribution in [0.15, 0.2) is 36.4 Å². The third-order valence-electron chi connectivity index (χ3n) is 3.44. The second kappa shape index (κ2) is 7.27. The first-order valence-corrected chi connectivity index (χ1v) is 7.44. The van der Waals surface area contributed by atoms with E-state index >= 15 is 0 Å². The Morgan fingerprint density at radius 3 is 2.71 bits per heavy atom. The number of nitro benzene ring substituents is 1. The Bertz CT molecular complexity index is 798. The van der Waals surface area contributed by atoms with E-state index in [0.717, 1.165) is 17.7 Å². The summed E-state index contributed by atoms with van der Waals surface area (Å²) in [4.78, 5) is 22.1.